The monoisotopic (exact) mass is 313 g/mol. The van der Waals surface area contributed by atoms with Crippen LogP contribution < -0.4 is 11.2 Å². The van der Waals surface area contributed by atoms with Crippen molar-refractivity contribution in [2.75, 3.05) is 18.8 Å². The number of anilines is 1. The van der Waals surface area contributed by atoms with Gasteiger partial charge in [-0.2, -0.15) is 0 Å². The molecule has 5 heteroatoms. The molecule has 0 saturated carbocycles. The number of fused-ring (bicyclic) bond motifs is 1. The lowest BCUT2D eigenvalue weighted by molar-refractivity contribution is 0.0621. The second-order valence-electron chi connectivity index (χ2n) is 6.88. The number of pyridine rings is 1. The predicted molar refractivity (Wildman–Crippen MR) is 92.4 cm³/mol. The van der Waals surface area contributed by atoms with Crippen LogP contribution in [0.3, 0.4) is 0 Å². The van der Waals surface area contributed by atoms with Gasteiger partial charge in [-0.05, 0) is 30.4 Å². The van der Waals surface area contributed by atoms with Gasteiger partial charge in [0.25, 0.3) is 5.91 Å². The number of carbonyl (C=O) groups excluding carboxylic acids is 1. The van der Waals surface area contributed by atoms with Crippen molar-refractivity contribution in [2.45, 2.75) is 20.3 Å². The smallest absolute Gasteiger partial charge is 0.259 e. The van der Waals surface area contributed by atoms with Gasteiger partial charge in [-0.3, -0.25) is 9.59 Å². The molecule has 1 amide bonds. The summed E-state index contributed by atoms with van der Waals surface area (Å²) in [4.78, 5) is 27.5. The number of amides is 1. The van der Waals surface area contributed by atoms with E-state index in [-0.39, 0.29) is 16.9 Å². The molecular weight excluding hydrogens is 290 g/mol. The zero-order chi connectivity index (χ0) is 16.7. The van der Waals surface area contributed by atoms with E-state index in [0.717, 1.165) is 11.9 Å². The quantitative estimate of drug-likeness (QED) is 0.821. The molecule has 0 bridgehead atoms. The average Bonchev–Trinajstić information content (AvgIpc) is 2.49. The fourth-order valence-corrected chi connectivity index (χ4v) is 3.71. The number of hydrogen-bond acceptors (Lipinski definition) is 3. The third-order valence-electron chi connectivity index (χ3n) is 4.64. The van der Waals surface area contributed by atoms with E-state index >= 15 is 0 Å². The summed E-state index contributed by atoms with van der Waals surface area (Å²) in [6, 6.07) is 5.35. The Bertz CT molecular complexity index is 815. The second kappa shape index (κ2) is 5.72. The molecule has 5 nitrogen and oxygen atoms in total. The van der Waals surface area contributed by atoms with Crippen LogP contribution in [0, 0.1) is 11.8 Å². The molecular formula is C18H23N3O2. The Balaban J connectivity index is 2.10. The minimum atomic E-state index is -0.271. The van der Waals surface area contributed by atoms with Crippen molar-refractivity contribution < 1.29 is 4.79 Å². The molecule has 0 aliphatic carbocycles. The molecule has 122 valence electrons. The molecule has 1 fully saturated rings. The molecule has 2 atom stereocenters. The highest BCUT2D eigenvalue weighted by molar-refractivity contribution is 6.00. The molecule has 1 aromatic heterocycles. The first-order chi connectivity index (χ1) is 10.9. The summed E-state index contributed by atoms with van der Waals surface area (Å²) in [5, 5.41) is 0.430. The Labute approximate surface area is 135 Å². The fourth-order valence-electron chi connectivity index (χ4n) is 3.71. The molecule has 2 heterocycles. The summed E-state index contributed by atoms with van der Waals surface area (Å²) >= 11 is 0. The van der Waals surface area contributed by atoms with Crippen LogP contribution in [0.4, 0.5) is 5.69 Å². The number of hydrogen-bond donors (Lipinski definition) is 1. The van der Waals surface area contributed by atoms with Gasteiger partial charge in [0.2, 0.25) is 5.43 Å². The maximum atomic E-state index is 12.9. The summed E-state index contributed by atoms with van der Waals surface area (Å²) in [5.74, 6) is 0.725. The van der Waals surface area contributed by atoms with Crippen LogP contribution in [0.1, 0.15) is 30.6 Å². The maximum Gasteiger partial charge on any atom is 0.259 e. The van der Waals surface area contributed by atoms with Gasteiger partial charge in [-0.1, -0.05) is 19.9 Å². The van der Waals surface area contributed by atoms with Crippen molar-refractivity contribution in [3.63, 3.8) is 0 Å². The Hall–Kier alpha value is -2.30. The Kier molecular flexibility index (Phi) is 3.88. The number of aromatic nitrogens is 1. The molecule has 3 rings (SSSR count). The van der Waals surface area contributed by atoms with Crippen molar-refractivity contribution in [3.05, 3.63) is 40.2 Å². The van der Waals surface area contributed by atoms with Crippen LogP contribution in [0.2, 0.25) is 0 Å². The third-order valence-corrected chi connectivity index (χ3v) is 4.64. The summed E-state index contributed by atoms with van der Waals surface area (Å²) < 4.78 is 1.80. The molecule has 0 spiro atoms. The number of rotatable bonds is 1. The first-order valence-electron chi connectivity index (χ1n) is 8.05. The van der Waals surface area contributed by atoms with Gasteiger partial charge in [0.05, 0.1) is 10.9 Å². The van der Waals surface area contributed by atoms with Gasteiger partial charge in [0.1, 0.15) is 5.56 Å². The van der Waals surface area contributed by atoms with E-state index in [1.807, 2.05) is 19.2 Å². The van der Waals surface area contributed by atoms with Crippen molar-refractivity contribution >= 4 is 22.5 Å². The standard InChI is InChI=1S/C18H23N3O2/c1-11-7-12(2)9-21(8-11)18(23)13-10-20(3)15-6-4-5-14(19)16(15)17(13)22/h4-6,10-12H,7-9,19H2,1-3H3. The number of nitrogen functional groups attached to an aromatic ring is 1. The van der Waals surface area contributed by atoms with Crippen LogP contribution in [0.15, 0.2) is 29.2 Å². The van der Waals surface area contributed by atoms with Gasteiger partial charge in [0.15, 0.2) is 0 Å². The number of carbonyl (C=O) groups is 1. The summed E-state index contributed by atoms with van der Waals surface area (Å²) in [6.07, 6.45) is 2.75. The molecule has 1 aromatic carbocycles. The lowest BCUT2D eigenvalue weighted by Gasteiger charge is -2.35. The fraction of sp³-hybridized carbons (Fsp3) is 0.444. The SMILES string of the molecule is CC1CC(C)CN(C(=O)c2cn(C)c3cccc(N)c3c2=O)C1. The molecule has 1 saturated heterocycles. The molecule has 23 heavy (non-hydrogen) atoms. The second-order valence-corrected chi connectivity index (χ2v) is 6.88. The Morgan fingerprint density at radius 1 is 1.22 bits per heavy atom. The van der Waals surface area contributed by atoms with Gasteiger partial charge < -0.3 is 15.2 Å². The van der Waals surface area contributed by atoms with E-state index in [0.29, 0.717) is 36.0 Å². The van der Waals surface area contributed by atoms with Gasteiger partial charge in [0, 0.05) is 32.0 Å². The normalized spacial score (nSPS) is 21.6. The topological polar surface area (TPSA) is 68.3 Å². The zero-order valence-corrected chi connectivity index (χ0v) is 13.9. The molecule has 1 aliphatic rings. The van der Waals surface area contributed by atoms with E-state index in [1.54, 1.807) is 21.7 Å². The highest BCUT2D eigenvalue weighted by Gasteiger charge is 2.28. The third kappa shape index (κ3) is 2.71. The lowest BCUT2D eigenvalue weighted by atomic mass is 9.91. The minimum Gasteiger partial charge on any atom is -0.398 e. The Morgan fingerprint density at radius 2 is 1.87 bits per heavy atom. The molecule has 1 aliphatic heterocycles. The van der Waals surface area contributed by atoms with Crippen molar-refractivity contribution in [3.8, 4) is 0 Å². The summed E-state index contributed by atoms with van der Waals surface area (Å²) in [6.45, 7) is 5.70. The van der Waals surface area contributed by atoms with Gasteiger partial charge in [-0.25, -0.2) is 0 Å². The number of benzene rings is 1. The minimum absolute atomic E-state index is 0.186. The summed E-state index contributed by atoms with van der Waals surface area (Å²) in [7, 11) is 1.83. The van der Waals surface area contributed by atoms with Crippen LogP contribution in [-0.2, 0) is 7.05 Å². The lowest BCUT2D eigenvalue weighted by Crippen LogP contribution is -2.44. The van der Waals surface area contributed by atoms with E-state index in [9.17, 15) is 9.59 Å². The van der Waals surface area contributed by atoms with Crippen LogP contribution in [-0.4, -0.2) is 28.5 Å². The number of aryl methyl sites for hydroxylation is 1. The molecule has 2 N–H and O–H groups in total. The van der Waals surface area contributed by atoms with E-state index in [4.69, 9.17) is 5.73 Å². The maximum absolute atomic E-state index is 12.9. The summed E-state index contributed by atoms with van der Waals surface area (Å²) in [5.41, 5.74) is 7.07. The van der Waals surface area contributed by atoms with Crippen molar-refractivity contribution in [2.24, 2.45) is 18.9 Å². The van der Waals surface area contributed by atoms with Crippen LogP contribution in [0.5, 0.6) is 0 Å². The zero-order valence-electron chi connectivity index (χ0n) is 13.9. The molecule has 2 unspecified atom stereocenters. The van der Waals surface area contributed by atoms with E-state index < -0.39 is 0 Å². The number of piperidine rings is 1. The number of nitrogens with zero attached hydrogens (tertiary/aromatic N) is 2. The van der Waals surface area contributed by atoms with Gasteiger partial charge in [-0.15, -0.1) is 0 Å². The number of nitrogens with two attached hydrogens (primary N) is 1. The first kappa shape index (κ1) is 15.6. The van der Waals surface area contributed by atoms with E-state index in [1.165, 1.54) is 0 Å². The van der Waals surface area contributed by atoms with Gasteiger partial charge >= 0.3 is 0 Å². The van der Waals surface area contributed by atoms with Crippen LogP contribution >= 0.6 is 0 Å². The predicted octanol–water partition coefficient (Wildman–Crippen LogP) is 2.24. The van der Waals surface area contributed by atoms with Crippen molar-refractivity contribution in [1.82, 2.24) is 9.47 Å². The van der Waals surface area contributed by atoms with Crippen LogP contribution in [0.25, 0.3) is 10.9 Å². The first-order valence-corrected chi connectivity index (χ1v) is 8.05. The highest BCUT2D eigenvalue weighted by Crippen LogP contribution is 2.23. The Morgan fingerprint density at radius 3 is 2.52 bits per heavy atom. The highest BCUT2D eigenvalue weighted by atomic mass is 16.2. The van der Waals surface area contributed by atoms with E-state index in [2.05, 4.69) is 13.8 Å². The largest absolute Gasteiger partial charge is 0.398 e. The number of likely N-dealkylation sites (tertiary alicyclic amines) is 1. The molecule has 0 radical (unpaired) electrons. The molecule has 2 aromatic rings. The average molecular weight is 313 g/mol. The van der Waals surface area contributed by atoms with Crippen molar-refractivity contribution in [1.29, 1.82) is 0 Å².